The van der Waals surface area contributed by atoms with Gasteiger partial charge >= 0.3 is 0 Å². The van der Waals surface area contributed by atoms with E-state index in [0.717, 1.165) is 30.8 Å². The number of nitrogen functional groups attached to an aromatic ring is 1. The number of anilines is 2. The predicted octanol–water partition coefficient (Wildman–Crippen LogP) is 5.94. The summed E-state index contributed by atoms with van der Waals surface area (Å²) < 4.78 is 6.44. The first-order valence-electron chi connectivity index (χ1n) is 12.1. The normalized spacial score (nSPS) is 12.1. The topological polar surface area (TPSA) is 80.5 Å². The Morgan fingerprint density at radius 3 is 2.31 bits per heavy atom. The van der Waals surface area contributed by atoms with Crippen LogP contribution >= 0.6 is 0 Å². The first-order chi connectivity index (χ1) is 16.5. The molecule has 1 aromatic heterocycles. The minimum absolute atomic E-state index is 0.176. The standard InChI is InChI=1S/C28H38N4O2Si/c1-28(2,3)35(4,5)34-18-17-32(21-23-9-8-16-30-19-23)20-22-12-14-24(15-13-22)27(33)31-26-11-7-6-10-25(26)29/h6-16,19H,17-18,20-21,29H2,1-5H3,(H,31,33). The van der Waals surface area contributed by atoms with Crippen LogP contribution in [0.5, 0.6) is 0 Å². The number of pyridine rings is 1. The fraction of sp³-hybridized carbons (Fsp3) is 0.357. The van der Waals surface area contributed by atoms with Crippen LogP contribution < -0.4 is 11.1 Å². The number of hydrogen-bond donors (Lipinski definition) is 2. The van der Waals surface area contributed by atoms with Crippen molar-refractivity contribution < 1.29 is 9.22 Å². The van der Waals surface area contributed by atoms with Crippen molar-refractivity contribution in [1.29, 1.82) is 0 Å². The average molecular weight is 491 g/mol. The molecule has 0 aliphatic carbocycles. The summed E-state index contributed by atoms with van der Waals surface area (Å²) in [6.07, 6.45) is 3.70. The van der Waals surface area contributed by atoms with E-state index in [1.807, 2.05) is 48.7 Å². The molecule has 186 valence electrons. The van der Waals surface area contributed by atoms with Crippen molar-refractivity contribution in [2.24, 2.45) is 0 Å². The number of benzene rings is 2. The molecule has 0 saturated carbocycles. The molecule has 0 fully saturated rings. The lowest BCUT2D eigenvalue weighted by atomic mass is 10.1. The molecule has 0 saturated heterocycles. The Labute approximate surface area is 210 Å². The van der Waals surface area contributed by atoms with E-state index in [1.54, 1.807) is 18.3 Å². The molecule has 6 nitrogen and oxygen atoms in total. The van der Waals surface area contributed by atoms with E-state index >= 15 is 0 Å². The van der Waals surface area contributed by atoms with Crippen LogP contribution in [0.4, 0.5) is 11.4 Å². The summed E-state index contributed by atoms with van der Waals surface area (Å²) in [5.41, 5.74) is 10.0. The second-order valence-corrected chi connectivity index (χ2v) is 15.2. The van der Waals surface area contributed by atoms with E-state index in [2.05, 4.69) is 55.1 Å². The van der Waals surface area contributed by atoms with E-state index in [4.69, 9.17) is 10.2 Å². The molecule has 0 spiro atoms. The molecule has 3 aromatic rings. The van der Waals surface area contributed by atoms with Gasteiger partial charge in [-0.2, -0.15) is 0 Å². The number of amides is 1. The fourth-order valence-corrected chi connectivity index (χ4v) is 4.47. The van der Waals surface area contributed by atoms with Gasteiger partial charge in [0.25, 0.3) is 5.91 Å². The van der Waals surface area contributed by atoms with Gasteiger partial charge in [-0.15, -0.1) is 0 Å². The molecule has 1 heterocycles. The molecule has 0 bridgehead atoms. The lowest BCUT2D eigenvalue weighted by Gasteiger charge is -2.37. The second-order valence-electron chi connectivity index (χ2n) is 10.4. The zero-order valence-electron chi connectivity index (χ0n) is 21.5. The summed E-state index contributed by atoms with van der Waals surface area (Å²) in [5, 5.41) is 3.06. The highest BCUT2D eigenvalue weighted by atomic mass is 28.4. The van der Waals surface area contributed by atoms with Crippen molar-refractivity contribution in [3.63, 3.8) is 0 Å². The maximum Gasteiger partial charge on any atom is 0.255 e. The summed E-state index contributed by atoms with van der Waals surface area (Å²) in [4.78, 5) is 19.3. The minimum Gasteiger partial charge on any atom is -0.416 e. The van der Waals surface area contributed by atoms with Crippen LogP contribution in [0.1, 0.15) is 42.3 Å². The first kappa shape index (κ1) is 26.6. The third-order valence-corrected chi connectivity index (χ3v) is 11.2. The summed E-state index contributed by atoms with van der Waals surface area (Å²) >= 11 is 0. The number of nitrogens with one attached hydrogen (secondary N) is 1. The Kier molecular flexibility index (Phi) is 8.83. The summed E-state index contributed by atoms with van der Waals surface area (Å²) in [5.74, 6) is -0.176. The molecule has 1 amide bonds. The quantitative estimate of drug-likeness (QED) is 0.271. The second kappa shape index (κ2) is 11.6. The smallest absolute Gasteiger partial charge is 0.255 e. The largest absolute Gasteiger partial charge is 0.416 e. The van der Waals surface area contributed by atoms with E-state index in [-0.39, 0.29) is 10.9 Å². The van der Waals surface area contributed by atoms with Crippen LogP contribution in [0.3, 0.4) is 0 Å². The zero-order chi connectivity index (χ0) is 25.5. The van der Waals surface area contributed by atoms with E-state index in [1.165, 1.54) is 0 Å². The number of carbonyl (C=O) groups is 1. The Bertz CT molecular complexity index is 1100. The molecule has 0 radical (unpaired) electrons. The van der Waals surface area contributed by atoms with E-state index in [9.17, 15) is 4.79 Å². The maximum atomic E-state index is 12.7. The van der Waals surface area contributed by atoms with Crippen molar-refractivity contribution >= 4 is 25.6 Å². The molecular weight excluding hydrogens is 452 g/mol. The molecular formula is C28H38N4O2Si. The molecule has 0 aliphatic heterocycles. The number of nitrogens with zero attached hydrogens (tertiary/aromatic N) is 2. The highest BCUT2D eigenvalue weighted by Crippen LogP contribution is 2.36. The third kappa shape index (κ3) is 7.75. The number of rotatable bonds is 10. The first-order valence-corrected chi connectivity index (χ1v) is 15.0. The molecule has 2 aromatic carbocycles. The van der Waals surface area contributed by atoms with Gasteiger partial charge < -0.3 is 15.5 Å². The van der Waals surface area contributed by atoms with Gasteiger partial charge in [-0.25, -0.2) is 0 Å². The summed E-state index contributed by atoms with van der Waals surface area (Å²) in [6, 6.07) is 19.0. The highest BCUT2D eigenvalue weighted by molar-refractivity contribution is 6.74. The number of para-hydroxylation sites is 2. The summed E-state index contributed by atoms with van der Waals surface area (Å²) in [6.45, 7) is 14.4. The van der Waals surface area contributed by atoms with Crippen molar-refractivity contribution in [2.45, 2.75) is 52.0 Å². The van der Waals surface area contributed by atoms with E-state index < -0.39 is 8.32 Å². The minimum atomic E-state index is -1.80. The van der Waals surface area contributed by atoms with Gasteiger partial charge in [0.05, 0.1) is 11.4 Å². The van der Waals surface area contributed by atoms with Crippen LogP contribution in [-0.4, -0.2) is 37.3 Å². The molecule has 0 unspecified atom stereocenters. The molecule has 3 N–H and O–H groups in total. The van der Waals surface area contributed by atoms with Crippen LogP contribution in [-0.2, 0) is 17.5 Å². The molecule has 35 heavy (non-hydrogen) atoms. The molecule has 7 heteroatoms. The van der Waals surface area contributed by atoms with Gasteiger partial charge in [-0.3, -0.25) is 14.7 Å². The van der Waals surface area contributed by atoms with Gasteiger partial charge in [0.15, 0.2) is 8.32 Å². The van der Waals surface area contributed by atoms with Gasteiger partial charge in [-0.1, -0.05) is 51.1 Å². The van der Waals surface area contributed by atoms with Gasteiger partial charge in [0.2, 0.25) is 0 Å². The Balaban J connectivity index is 1.66. The SMILES string of the molecule is CC(C)(C)[Si](C)(C)OCCN(Cc1ccc(C(=O)Nc2ccccc2N)cc1)Cc1cccnc1. The van der Waals surface area contributed by atoms with Gasteiger partial charge in [-0.05, 0) is 59.6 Å². The Morgan fingerprint density at radius 2 is 1.69 bits per heavy atom. The fourth-order valence-electron chi connectivity index (χ4n) is 3.44. The Morgan fingerprint density at radius 1 is 1.00 bits per heavy atom. The van der Waals surface area contributed by atoms with Crippen LogP contribution in [0, 0.1) is 0 Å². The molecule has 3 rings (SSSR count). The monoisotopic (exact) mass is 490 g/mol. The van der Waals surface area contributed by atoms with Crippen LogP contribution in [0.15, 0.2) is 73.1 Å². The number of hydrogen-bond acceptors (Lipinski definition) is 5. The van der Waals surface area contributed by atoms with E-state index in [0.29, 0.717) is 23.5 Å². The zero-order valence-corrected chi connectivity index (χ0v) is 22.5. The predicted molar refractivity (Wildman–Crippen MR) is 147 cm³/mol. The molecule has 0 atom stereocenters. The van der Waals surface area contributed by atoms with Crippen molar-refractivity contribution in [3.8, 4) is 0 Å². The van der Waals surface area contributed by atoms with Crippen molar-refractivity contribution in [3.05, 3.63) is 89.7 Å². The Hall–Kier alpha value is -3.00. The lowest BCUT2D eigenvalue weighted by molar-refractivity contribution is 0.102. The molecule has 0 aliphatic rings. The maximum absolute atomic E-state index is 12.7. The van der Waals surface area contributed by atoms with Crippen molar-refractivity contribution in [1.82, 2.24) is 9.88 Å². The highest BCUT2D eigenvalue weighted by Gasteiger charge is 2.37. The average Bonchev–Trinajstić information content (AvgIpc) is 2.81. The number of aromatic nitrogens is 1. The van der Waals surface area contributed by atoms with Crippen molar-refractivity contribution in [2.75, 3.05) is 24.2 Å². The number of carbonyl (C=O) groups excluding carboxylic acids is 1. The van der Waals surface area contributed by atoms with Crippen LogP contribution in [0.2, 0.25) is 18.1 Å². The van der Waals surface area contributed by atoms with Gasteiger partial charge in [0, 0.05) is 44.2 Å². The lowest BCUT2D eigenvalue weighted by Crippen LogP contribution is -2.42. The third-order valence-electron chi connectivity index (χ3n) is 6.64. The summed E-state index contributed by atoms with van der Waals surface area (Å²) in [7, 11) is -1.80. The van der Waals surface area contributed by atoms with Gasteiger partial charge in [0.1, 0.15) is 0 Å². The number of nitrogens with two attached hydrogens (primary N) is 1. The van der Waals surface area contributed by atoms with Crippen LogP contribution in [0.25, 0.3) is 0 Å².